The van der Waals surface area contributed by atoms with Crippen LogP contribution in [0, 0.1) is 0 Å². The van der Waals surface area contributed by atoms with E-state index >= 15 is 0 Å². The number of hydrogen-bond donors (Lipinski definition) is 2. The van der Waals surface area contributed by atoms with Gasteiger partial charge in [-0.05, 0) is 25.0 Å². The molecule has 0 aromatic carbocycles. The van der Waals surface area contributed by atoms with Gasteiger partial charge in [-0.15, -0.1) is 0 Å². The van der Waals surface area contributed by atoms with Gasteiger partial charge in [0.1, 0.15) is 0 Å². The van der Waals surface area contributed by atoms with Crippen molar-refractivity contribution < 1.29 is 9.59 Å². The van der Waals surface area contributed by atoms with Gasteiger partial charge in [0.25, 0.3) is 5.91 Å². The van der Waals surface area contributed by atoms with Crippen molar-refractivity contribution in [1.29, 1.82) is 0 Å². The number of pyridine rings is 1. The molecule has 2 aromatic heterocycles. The summed E-state index contributed by atoms with van der Waals surface area (Å²) in [5, 5.41) is 0.897. The van der Waals surface area contributed by atoms with Crippen molar-refractivity contribution in [2.45, 2.75) is 18.8 Å². The SMILES string of the molecule is C=CC(=O)N1CCCC(c2ncc(C(N)=O)c3[nH]ccc23)C1. The van der Waals surface area contributed by atoms with Gasteiger partial charge in [-0.3, -0.25) is 14.6 Å². The lowest BCUT2D eigenvalue weighted by Gasteiger charge is -2.32. The largest absolute Gasteiger partial charge is 0.365 e. The zero-order valence-corrected chi connectivity index (χ0v) is 12.2. The Kier molecular flexibility index (Phi) is 3.66. The molecule has 0 bridgehead atoms. The molecule has 3 N–H and O–H groups in total. The normalized spacial score (nSPS) is 18.4. The van der Waals surface area contributed by atoms with Crippen LogP contribution in [0.25, 0.3) is 10.9 Å². The first-order valence-corrected chi connectivity index (χ1v) is 7.29. The molecule has 1 aliphatic rings. The summed E-state index contributed by atoms with van der Waals surface area (Å²) in [5.74, 6) is -0.403. The lowest BCUT2D eigenvalue weighted by atomic mass is 9.92. The predicted octanol–water partition coefficient (Wildman–Crippen LogP) is 1.55. The molecule has 1 saturated heterocycles. The Bertz CT molecular complexity index is 750. The number of hydrogen-bond acceptors (Lipinski definition) is 3. The van der Waals surface area contributed by atoms with Crippen molar-refractivity contribution >= 4 is 22.7 Å². The van der Waals surface area contributed by atoms with E-state index in [0.717, 1.165) is 30.5 Å². The third-order valence-corrected chi connectivity index (χ3v) is 4.18. The van der Waals surface area contributed by atoms with Crippen molar-refractivity contribution in [2.24, 2.45) is 5.73 Å². The van der Waals surface area contributed by atoms with E-state index in [-0.39, 0.29) is 11.8 Å². The van der Waals surface area contributed by atoms with Crippen LogP contribution in [0.4, 0.5) is 0 Å². The molecule has 1 aliphatic heterocycles. The Labute approximate surface area is 128 Å². The number of amides is 2. The number of rotatable bonds is 3. The van der Waals surface area contributed by atoms with E-state index < -0.39 is 5.91 Å². The van der Waals surface area contributed by atoms with Crippen LogP contribution >= 0.6 is 0 Å². The quantitative estimate of drug-likeness (QED) is 0.842. The molecule has 3 heterocycles. The summed E-state index contributed by atoms with van der Waals surface area (Å²) < 4.78 is 0. The number of likely N-dealkylation sites (tertiary alicyclic amines) is 1. The summed E-state index contributed by atoms with van der Waals surface area (Å²) in [6.45, 7) is 4.91. The highest BCUT2D eigenvalue weighted by molar-refractivity contribution is 6.05. The Hall–Kier alpha value is -2.63. The van der Waals surface area contributed by atoms with Gasteiger partial charge in [-0.2, -0.15) is 0 Å². The molecular weight excluding hydrogens is 280 g/mol. The molecular formula is C16H18N4O2. The van der Waals surface area contributed by atoms with Crippen molar-refractivity contribution in [2.75, 3.05) is 13.1 Å². The van der Waals surface area contributed by atoms with Gasteiger partial charge >= 0.3 is 0 Å². The Morgan fingerprint density at radius 1 is 1.50 bits per heavy atom. The molecule has 0 spiro atoms. The maximum absolute atomic E-state index is 11.8. The fourth-order valence-corrected chi connectivity index (χ4v) is 3.12. The molecule has 6 heteroatoms. The minimum Gasteiger partial charge on any atom is -0.365 e. The fraction of sp³-hybridized carbons (Fsp3) is 0.312. The van der Waals surface area contributed by atoms with Crippen molar-refractivity contribution in [3.8, 4) is 0 Å². The lowest BCUT2D eigenvalue weighted by Crippen LogP contribution is -2.38. The van der Waals surface area contributed by atoms with Gasteiger partial charge in [0, 0.05) is 36.8 Å². The van der Waals surface area contributed by atoms with E-state index in [0.29, 0.717) is 17.6 Å². The summed E-state index contributed by atoms with van der Waals surface area (Å²) in [5.41, 5.74) is 7.39. The van der Waals surface area contributed by atoms with Gasteiger partial charge in [-0.1, -0.05) is 6.58 Å². The summed E-state index contributed by atoms with van der Waals surface area (Å²) >= 11 is 0. The third kappa shape index (κ3) is 2.36. The zero-order valence-electron chi connectivity index (χ0n) is 12.2. The van der Waals surface area contributed by atoms with Crippen LogP contribution < -0.4 is 5.73 Å². The van der Waals surface area contributed by atoms with Gasteiger partial charge < -0.3 is 15.6 Å². The molecule has 1 unspecified atom stereocenters. The minimum absolute atomic E-state index is 0.0521. The Morgan fingerprint density at radius 2 is 2.32 bits per heavy atom. The van der Waals surface area contributed by atoms with Crippen LogP contribution in [0.3, 0.4) is 0 Å². The average Bonchev–Trinajstić information content (AvgIpc) is 3.02. The van der Waals surface area contributed by atoms with Crippen LogP contribution in [0.1, 0.15) is 34.8 Å². The molecule has 0 aliphatic carbocycles. The number of nitrogens with two attached hydrogens (primary N) is 1. The molecule has 0 saturated carbocycles. The fourth-order valence-electron chi connectivity index (χ4n) is 3.12. The number of nitrogens with zero attached hydrogens (tertiary/aromatic N) is 2. The number of carbonyl (C=O) groups excluding carboxylic acids is 2. The highest BCUT2D eigenvalue weighted by Crippen LogP contribution is 2.31. The second-order valence-corrected chi connectivity index (χ2v) is 5.52. The van der Waals surface area contributed by atoms with Crippen LogP contribution in [0.2, 0.25) is 0 Å². The summed E-state index contributed by atoms with van der Waals surface area (Å²) in [6, 6.07) is 1.90. The Morgan fingerprint density at radius 3 is 3.05 bits per heavy atom. The minimum atomic E-state index is -0.501. The second-order valence-electron chi connectivity index (χ2n) is 5.52. The van der Waals surface area contributed by atoms with Crippen molar-refractivity contribution in [1.82, 2.24) is 14.9 Å². The molecule has 3 rings (SSSR count). The number of primary amides is 1. The number of fused-ring (bicyclic) bond motifs is 1. The van der Waals surface area contributed by atoms with E-state index in [1.807, 2.05) is 6.07 Å². The molecule has 1 atom stereocenters. The number of carbonyl (C=O) groups is 2. The van der Waals surface area contributed by atoms with Crippen LogP contribution in [0.15, 0.2) is 31.1 Å². The number of piperidine rings is 1. The molecule has 22 heavy (non-hydrogen) atoms. The van der Waals surface area contributed by atoms with E-state index in [1.165, 1.54) is 12.3 Å². The molecule has 114 valence electrons. The second kappa shape index (κ2) is 5.63. The first kappa shape index (κ1) is 14.3. The highest BCUT2D eigenvalue weighted by atomic mass is 16.2. The average molecular weight is 298 g/mol. The van der Waals surface area contributed by atoms with Crippen LogP contribution in [-0.2, 0) is 4.79 Å². The number of aromatic nitrogens is 2. The Balaban J connectivity index is 1.98. The topological polar surface area (TPSA) is 92.1 Å². The first-order chi connectivity index (χ1) is 10.6. The van der Waals surface area contributed by atoms with Gasteiger partial charge in [-0.25, -0.2) is 0 Å². The summed E-state index contributed by atoms with van der Waals surface area (Å²) in [6.07, 6.45) is 6.53. The van der Waals surface area contributed by atoms with Gasteiger partial charge in [0.15, 0.2) is 0 Å². The number of H-pyrrole nitrogens is 1. The van der Waals surface area contributed by atoms with Crippen molar-refractivity contribution in [3.63, 3.8) is 0 Å². The number of nitrogens with one attached hydrogen (secondary N) is 1. The molecule has 1 fully saturated rings. The molecule has 2 aromatic rings. The van der Waals surface area contributed by atoms with Crippen LogP contribution in [0.5, 0.6) is 0 Å². The van der Waals surface area contributed by atoms with Crippen molar-refractivity contribution in [3.05, 3.63) is 42.4 Å². The lowest BCUT2D eigenvalue weighted by molar-refractivity contribution is -0.127. The maximum Gasteiger partial charge on any atom is 0.252 e. The maximum atomic E-state index is 11.8. The molecule has 2 amide bonds. The highest BCUT2D eigenvalue weighted by Gasteiger charge is 2.26. The van der Waals surface area contributed by atoms with Gasteiger partial charge in [0.2, 0.25) is 5.91 Å². The predicted molar refractivity (Wildman–Crippen MR) is 83.4 cm³/mol. The molecule has 6 nitrogen and oxygen atoms in total. The smallest absolute Gasteiger partial charge is 0.252 e. The summed E-state index contributed by atoms with van der Waals surface area (Å²) in [4.78, 5) is 32.6. The molecule has 0 radical (unpaired) electrons. The monoisotopic (exact) mass is 298 g/mol. The summed E-state index contributed by atoms with van der Waals surface area (Å²) in [7, 11) is 0. The third-order valence-electron chi connectivity index (χ3n) is 4.18. The number of aromatic amines is 1. The van der Waals surface area contributed by atoms with Gasteiger partial charge in [0.05, 0.1) is 16.8 Å². The van der Waals surface area contributed by atoms with E-state index in [9.17, 15) is 9.59 Å². The van der Waals surface area contributed by atoms with E-state index in [4.69, 9.17) is 5.73 Å². The van der Waals surface area contributed by atoms with Crippen LogP contribution in [-0.4, -0.2) is 39.8 Å². The standard InChI is InChI=1S/C16H18N4O2/c1-2-13(21)20-7-3-4-10(9-20)14-11-5-6-18-15(11)12(8-19-14)16(17)22/h2,5-6,8,10,18H,1,3-4,7,9H2,(H2,17,22). The van der Waals surface area contributed by atoms with E-state index in [1.54, 1.807) is 11.1 Å². The first-order valence-electron chi connectivity index (χ1n) is 7.29. The van der Waals surface area contributed by atoms with E-state index in [2.05, 4.69) is 16.5 Å². The zero-order chi connectivity index (χ0) is 15.7.